The number of para-hydroxylation sites is 1. The fourth-order valence-corrected chi connectivity index (χ4v) is 5.81. The van der Waals surface area contributed by atoms with E-state index in [-0.39, 0.29) is 41.7 Å². The van der Waals surface area contributed by atoms with Crippen molar-refractivity contribution in [1.82, 2.24) is 19.7 Å². The zero-order valence-corrected chi connectivity index (χ0v) is 24.5. The first-order valence-corrected chi connectivity index (χ1v) is 14.7. The van der Waals surface area contributed by atoms with Crippen molar-refractivity contribution in [2.24, 2.45) is 0 Å². The molecule has 12 heteroatoms. The number of hydrogen-bond acceptors (Lipinski definition) is 7. The lowest BCUT2D eigenvalue weighted by Gasteiger charge is -2.18. The summed E-state index contributed by atoms with van der Waals surface area (Å²) in [5.41, 5.74) is 2.56. The summed E-state index contributed by atoms with van der Waals surface area (Å²) >= 11 is 1.13. The predicted octanol–water partition coefficient (Wildman–Crippen LogP) is 7.98. The van der Waals surface area contributed by atoms with Crippen LogP contribution in [0, 0.1) is 12.7 Å². The molecule has 0 aliphatic carbocycles. The lowest BCUT2D eigenvalue weighted by Crippen LogP contribution is -2.27. The number of hydrogen-bond donors (Lipinski definition) is 0. The van der Waals surface area contributed by atoms with Crippen molar-refractivity contribution in [3.05, 3.63) is 129 Å². The molecule has 45 heavy (non-hydrogen) atoms. The Morgan fingerprint density at radius 2 is 1.64 bits per heavy atom. The number of nitrogens with zero attached hydrogens (tertiary/aromatic N) is 4. The summed E-state index contributed by atoms with van der Waals surface area (Å²) in [4.78, 5) is 19.5. The summed E-state index contributed by atoms with van der Waals surface area (Å²) < 4.78 is 66.6. The van der Waals surface area contributed by atoms with E-state index in [2.05, 4.69) is 10.2 Å². The minimum Gasteiger partial charge on any atom is -0.485 e. The quantitative estimate of drug-likeness (QED) is 0.150. The van der Waals surface area contributed by atoms with Crippen molar-refractivity contribution >= 4 is 11.3 Å². The van der Waals surface area contributed by atoms with Crippen LogP contribution in [0.5, 0.6) is 5.75 Å². The molecule has 3 heterocycles. The number of thiophene rings is 1. The first-order chi connectivity index (χ1) is 21.7. The van der Waals surface area contributed by atoms with E-state index >= 15 is 4.39 Å². The van der Waals surface area contributed by atoms with Gasteiger partial charge in [0.25, 0.3) is 5.56 Å². The minimum absolute atomic E-state index is 0.0378. The van der Waals surface area contributed by atoms with Crippen LogP contribution in [-0.4, -0.2) is 19.7 Å². The maximum absolute atomic E-state index is 15.3. The number of rotatable bonds is 9. The van der Waals surface area contributed by atoms with Crippen molar-refractivity contribution in [2.75, 3.05) is 0 Å². The molecule has 3 aromatic heterocycles. The van der Waals surface area contributed by atoms with Gasteiger partial charge in [-0.25, -0.2) is 9.37 Å². The molecule has 0 saturated heterocycles. The SMILES string of the molecule is Cc1nc(-c2cccc(F)c2OCc2ccccc2)n(CCc2ccccc2)c(=O)c1-c1cc(-c2nnc(C(F)(F)F)o2)cs1. The highest BCUT2D eigenvalue weighted by Gasteiger charge is 2.38. The van der Waals surface area contributed by atoms with Gasteiger partial charge in [-0.15, -0.1) is 21.5 Å². The number of ether oxygens (including phenoxy) is 1. The highest BCUT2D eigenvalue weighted by Crippen LogP contribution is 2.37. The van der Waals surface area contributed by atoms with E-state index in [1.54, 1.807) is 13.0 Å². The summed E-state index contributed by atoms with van der Waals surface area (Å²) in [7, 11) is 0. The molecule has 6 rings (SSSR count). The molecule has 228 valence electrons. The van der Waals surface area contributed by atoms with Gasteiger partial charge in [-0.3, -0.25) is 9.36 Å². The monoisotopic (exact) mass is 632 g/mol. The molecular weight excluding hydrogens is 608 g/mol. The van der Waals surface area contributed by atoms with Gasteiger partial charge in [-0.1, -0.05) is 66.7 Å². The fourth-order valence-electron chi connectivity index (χ4n) is 4.84. The molecule has 0 unspecified atom stereocenters. The molecule has 0 spiro atoms. The average Bonchev–Trinajstić information content (AvgIpc) is 3.72. The van der Waals surface area contributed by atoms with Crippen LogP contribution in [0.15, 0.2) is 99.5 Å². The second-order valence-corrected chi connectivity index (χ2v) is 11.0. The van der Waals surface area contributed by atoms with E-state index in [4.69, 9.17) is 14.1 Å². The van der Waals surface area contributed by atoms with Gasteiger partial charge in [0.15, 0.2) is 11.6 Å². The van der Waals surface area contributed by atoms with Crippen LogP contribution in [0.25, 0.3) is 33.3 Å². The van der Waals surface area contributed by atoms with Gasteiger partial charge in [0.1, 0.15) is 12.4 Å². The molecule has 0 aliphatic heterocycles. The van der Waals surface area contributed by atoms with Crippen molar-refractivity contribution in [3.63, 3.8) is 0 Å². The summed E-state index contributed by atoms with van der Waals surface area (Å²) in [5.74, 6) is -2.20. The van der Waals surface area contributed by atoms with E-state index in [0.29, 0.717) is 22.6 Å². The van der Waals surface area contributed by atoms with Crippen LogP contribution >= 0.6 is 11.3 Å². The Bertz CT molecular complexity index is 2000. The van der Waals surface area contributed by atoms with Gasteiger partial charge in [-0.2, -0.15) is 13.2 Å². The zero-order valence-electron chi connectivity index (χ0n) is 23.7. The van der Waals surface area contributed by atoms with E-state index in [9.17, 15) is 18.0 Å². The van der Waals surface area contributed by atoms with Crippen LogP contribution in [0.4, 0.5) is 17.6 Å². The highest BCUT2D eigenvalue weighted by molar-refractivity contribution is 7.14. The second-order valence-electron chi connectivity index (χ2n) is 10.1. The Kier molecular flexibility index (Phi) is 8.31. The van der Waals surface area contributed by atoms with Crippen LogP contribution < -0.4 is 10.3 Å². The third-order valence-corrected chi connectivity index (χ3v) is 7.96. The largest absolute Gasteiger partial charge is 0.485 e. The first-order valence-electron chi connectivity index (χ1n) is 13.8. The third-order valence-electron chi connectivity index (χ3n) is 7.01. The van der Waals surface area contributed by atoms with Crippen molar-refractivity contribution in [2.45, 2.75) is 32.7 Å². The van der Waals surface area contributed by atoms with Gasteiger partial charge in [0.2, 0.25) is 5.89 Å². The molecule has 0 saturated carbocycles. The number of alkyl halides is 3. The molecule has 0 radical (unpaired) electrons. The Balaban J connectivity index is 1.44. The Hall–Kier alpha value is -5.10. The molecule has 6 aromatic rings. The van der Waals surface area contributed by atoms with Crippen LogP contribution in [-0.2, 0) is 25.7 Å². The Labute approximate surface area is 258 Å². The van der Waals surface area contributed by atoms with Crippen molar-refractivity contribution in [3.8, 4) is 39.0 Å². The molecular formula is C33H24F4N4O3S. The predicted molar refractivity (Wildman–Crippen MR) is 161 cm³/mol. The molecule has 0 amide bonds. The van der Waals surface area contributed by atoms with Gasteiger partial charge < -0.3 is 9.15 Å². The standard InChI is InChI=1S/C33H24F4N4O3S/c1-20-27(26-17-23(19-45-26)30-39-40-32(44-30)33(35,36)37)31(42)41(16-15-21-9-4-2-5-10-21)29(38-20)24-13-8-14-25(34)28(24)43-18-22-11-6-3-7-12-22/h2-14,17,19H,15-16,18H2,1H3. The maximum Gasteiger partial charge on any atom is 0.470 e. The summed E-state index contributed by atoms with van der Waals surface area (Å²) in [6.45, 7) is 1.97. The number of halogens is 4. The summed E-state index contributed by atoms with van der Waals surface area (Å²) in [6.07, 6.45) is -4.31. The number of benzene rings is 3. The molecule has 3 aromatic carbocycles. The normalized spacial score (nSPS) is 11.6. The third kappa shape index (κ3) is 6.41. The summed E-state index contributed by atoms with van der Waals surface area (Å²) in [6, 6.07) is 24.9. The van der Waals surface area contributed by atoms with Crippen LogP contribution in [0.1, 0.15) is 22.7 Å². The van der Waals surface area contributed by atoms with Gasteiger partial charge >= 0.3 is 12.1 Å². The number of aryl methyl sites for hydroxylation is 2. The Morgan fingerprint density at radius 3 is 2.33 bits per heavy atom. The van der Waals surface area contributed by atoms with Crippen molar-refractivity contribution < 1.29 is 26.7 Å². The van der Waals surface area contributed by atoms with Gasteiger partial charge in [0.05, 0.1) is 22.4 Å². The molecule has 0 aliphatic rings. The van der Waals surface area contributed by atoms with Crippen LogP contribution in [0.2, 0.25) is 0 Å². The second kappa shape index (κ2) is 12.5. The summed E-state index contributed by atoms with van der Waals surface area (Å²) in [5, 5.41) is 8.14. The highest BCUT2D eigenvalue weighted by atomic mass is 32.1. The lowest BCUT2D eigenvalue weighted by atomic mass is 10.1. The van der Waals surface area contributed by atoms with E-state index in [0.717, 1.165) is 22.5 Å². The van der Waals surface area contributed by atoms with E-state index < -0.39 is 23.4 Å². The molecule has 0 fully saturated rings. The van der Waals surface area contributed by atoms with Crippen LogP contribution in [0.3, 0.4) is 0 Å². The number of aromatic nitrogens is 4. The smallest absolute Gasteiger partial charge is 0.470 e. The van der Waals surface area contributed by atoms with Gasteiger partial charge in [0, 0.05) is 16.8 Å². The van der Waals surface area contributed by atoms with E-state index in [1.807, 2.05) is 60.7 Å². The topological polar surface area (TPSA) is 83.0 Å². The zero-order chi connectivity index (χ0) is 31.6. The molecule has 0 N–H and O–H groups in total. The first kappa shape index (κ1) is 29.9. The lowest BCUT2D eigenvalue weighted by molar-refractivity contribution is -0.156. The molecule has 0 bridgehead atoms. The minimum atomic E-state index is -4.78. The van der Waals surface area contributed by atoms with Crippen molar-refractivity contribution in [1.29, 1.82) is 0 Å². The molecule has 7 nitrogen and oxygen atoms in total. The maximum atomic E-state index is 15.3. The van der Waals surface area contributed by atoms with E-state index in [1.165, 1.54) is 28.1 Å². The average molecular weight is 633 g/mol. The van der Waals surface area contributed by atoms with Gasteiger partial charge in [-0.05, 0) is 42.7 Å². The Morgan fingerprint density at radius 1 is 0.933 bits per heavy atom. The fraction of sp³-hybridized carbons (Fsp3) is 0.152. The molecule has 0 atom stereocenters.